The summed E-state index contributed by atoms with van der Waals surface area (Å²) in [7, 11) is 0. The average molecular weight is 222 g/mol. The van der Waals surface area contributed by atoms with Gasteiger partial charge in [0.05, 0.1) is 0 Å². The van der Waals surface area contributed by atoms with Crippen LogP contribution in [0.3, 0.4) is 0 Å². The summed E-state index contributed by atoms with van der Waals surface area (Å²) in [4.78, 5) is 0. The van der Waals surface area contributed by atoms with E-state index in [2.05, 4.69) is 43.3 Å². The van der Waals surface area contributed by atoms with Crippen LogP contribution in [0, 0.1) is 0 Å². The standard InChI is InChI=1S/C11H14.2C2H6.CH4/c1-3-7-11-9-6-5-8-10(11)4-2;2*1-2;/h3,5-9H,4H2,1-2H3;2*1-2H3;1H4/b7-3+;;;. The van der Waals surface area contributed by atoms with Crippen LogP contribution in [-0.4, -0.2) is 0 Å². The summed E-state index contributed by atoms with van der Waals surface area (Å²) >= 11 is 0. The van der Waals surface area contributed by atoms with Crippen LogP contribution >= 0.6 is 0 Å². The molecular formula is C16H30. The number of aryl methyl sites for hydroxylation is 1. The van der Waals surface area contributed by atoms with Gasteiger partial charge in [-0.3, -0.25) is 0 Å². The van der Waals surface area contributed by atoms with Gasteiger partial charge in [-0.2, -0.15) is 0 Å². The van der Waals surface area contributed by atoms with E-state index in [1.807, 2.05) is 34.6 Å². The first-order chi connectivity index (χ1) is 7.38. The Kier molecular flexibility index (Phi) is 20.9. The zero-order valence-electron chi connectivity index (χ0n) is 11.2. The molecular weight excluding hydrogens is 192 g/mol. The van der Waals surface area contributed by atoms with Gasteiger partial charge >= 0.3 is 0 Å². The van der Waals surface area contributed by atoms with E-state index in [1.54, 1.807) is 0 Å². The summed E-state index contributed by atoms with van der Waals surface area (Å²) in [6.07, 6.45) is 5.34. The van der Waals surface area contributed by atoms with Crippen LogP contribution in [0.4, 0.5) is 0 Å². The molecule has 0 N–H and O–H groups in total. The highest BCUT2D eigenvalue weighted by atomic mass is 14.0. The molecule has 16 heavy (non-hydrogen) atoms. The van der Waals surface area contributed by atoms with E-state index in [-0.39, 0.29) is 7.43 Å². The van der Waals surface area contributed by atoms with Gasteiger partial charge in [-0.25, -0.2) is 0 Å². The van der Waals surface area contributed by atoms with Gasteiger partial charge in [-0.15, -0.1) is 0 Å². The number of allylic oxidation sites excluding steroid dienone is 1. The summed E-state index contributed by atoms with van der Waals surface area (Å²) in [5.41, 5.74) is 2.77. The van der Waals surface area contributed by atoms with Crippen molar-refractivity contribution in [3.63, 3.8) is 0 Å². The van der Waals surface area contributed by atoms with Gasteiger partial charge in [-0.05, 0) is 24.5 Å². The SMILES string of the molecule is C.C/C=C/c1ccccc1CC.CC.CC. The van der Waals surface area contributed by atoms with Gasteiger partial charge in [-0.1, -0.05) is 78.5 Å². The molecule has 0 aliphatic heterocycles. The molecule has 1 aromatic rings. The van der Waals surface area contributed by atoms with E-state index in [0.717, 1.165) is 6.42 Å². The molecule has 0 heteroatoms. The molecule has 0 nitrogen and oxygen atoms in total. The number of hydrogen-bond donors (Lipinski definition) is 0. The summed E-state index contributed by atoms with van der Waals surface area (Å²) in [5, 5.41) is 0. The van der Waals surface area contributed by atoms with Crippen LogP contribution in [0.2, 0.25) is 0 Å². The third-order valence-corrected chi connectivity index (χ3v) is 1.78. The fourth-order valence-corrected chi connectivity index (χ4v) is 1.20. The second-order valence-corrected chi connectivity index (χ2v) is 2.55. The second-order valence-electron chi connectivity index (χ2n) is 2.55. The van der Waals surface area contributed by atoms with E-state index in [1.165, 1.54) is 11.1 Å². The van der Waals surface area contributed by atoms with Gasteiger partial charge in [0.25, 0.3) is 0 Å². The molecule has 0 aliphatic carbocycles. The van der Waals surface area contributed by atoms with Gasteiger partial charge in [0.1, 0.15) is 0 Å². The molecule has 0 saturated carbocycles. The quantitative estimate of drug-likeness (QED) is 0.578. The first kappa shape index (κ1) is 20.4. The summed E-state index contributed by atoms with van der Waals surface area (Å²) in [6, 6.07) is 8.49. The van der Waals surface area contributed by atoms with E-state index < -0.39 is 0 Å². The monoisotopic (exact) mass is 222 g/mol. The number of rotatable bonds is 2. The van der Waals surface area contributed by atoms with Crippen LogP contribution in [0.5, 0.6) is 0 Å². The summed E-state index contributed by atoms with van der Waals surface area (Å²) < 4.78 is 0. The van der Waals surface area contributed by atoms with E-state index in [4.69, 9.17) is 0 Å². The van der Waals surface area contributed by atoms with E-state index in [0.29, 0.717) is 0 Å². The predicted octanol–water partition coefficient (Wildman–Crippen LogP) is 5.97. The Bertz CT molecular complexity index is 246. The Morgan fingerprint density at radius 1 is 1.00 bits per heavy atom. The Hall–Kier alpha value is -1.04. The maximum Gasteiger partial charge on any atom is -0.0228 e. The maximum absolute atomic E-state index is 2.18. The van der Waals surface area contributed by atoms with Crippen molar-refractivity contribution in [2.45, 2.75) is 55.4 Å². The van der Waals surface area contributed by atoms with Crippen molar-refractivity contribution in [3.05, 3.63) is 41.5 Å². The lowest BCUT2D eigenvalue weighted by atomic mass is 10.1. The van der Waals surface area contributed by atoms with Gasteiger partial charge < -0.3 is 0 Å². The molecule has 0 aliphatic rings. The lowest BCUT2D eigenvalue weighted by molar-refractivity contribution is 1.13. The van der Waals surface area contributed by atoms with Crippen molar-refractivity contribution in [2.75, 3.05) is 0 Å². The second kappa shape index (κ2) is 16.4. The molecule has 0 saturated heterocycles. The van der Waals surface area contributed by atoms with Gasteiger partial charge in [0.2, 0.25) is 0 Å². The molecule has 0 aromatic heterocycles. The normalized spacial score (nSPS) is 8.12. The highest BCUT2D eigenvalue weighted by molar-refractivity contribution is 5.53. The fraction of sp³-hybridized carbons (Fsp3) is 0.500. The number of hydrogen-bond acceptors (Lipinski definition) is 0. The van der Waals surface area contributed by atoms with Crippen molar-refractivity contribution in [2.24, 2.45) is 0 Å². The van der Waals surface area contributed by atoms with Crippen LogP contribution in [-0.2, 0) is 6.42 Å². The first-order valence-electron chi connectivity index (χ1n) is 6.09. The topological polar surface area (TPSA) is 0 Å². The zero-order chi connectivity index (χ0) is 12.1. The van der Waals surface area contributed by atoms with E-state index >= 15 is 0 Å². The van der Waals surface area contributed by atoms with Crippen molar-refractivity contribution < 1.29 is 0 Å². The van der Waals surface area contributed by atoms with Crippen molar-refractivity contribution >= 4 is 6.08 Å². The van der Waals surface area contributed by atoms with Crippen LogP contribution in [0.15, 0.2) is 30.3 Å². The van der Waals surface area contributed by atoms with Crippen LogP contribution in [0.25, 0.3) is 6.08 Å². The molecule has 0 bridgehead atoms. The maximum atomic E-state index is 2.18. The number of benzene rings is 1. The molecule has 0 unspecified atom stereocenters. The first-order valence-corrected chi connectivity index (χ1v) is 6.09. The largest absolute Gasteiger partial charge is 0.0871 e. The molecule has 0 heterocycles. The van der Waals surface area contributed by atoms with Gasteiger partial charge in [0, 0.05) is 0 Å². The van der Waals surface area contributed by atoms with Crippen molar-refractivity contribution in [3.8, 4) is 0 Å². The minimum absolute atomic E-state index is 0. The van der Waals surface area contributed by atoms with E-state index in [9.17, 15) is 0 Å². The summed E-state index contributed by atoms with van der Waals surface area (Å²) in [5.74, 6) is 0. The third kappa shape index (κ3) is 8.28. The average Bonchev–Trinajstić information content (AvgIpc) is 2.35. The third-order valence-electron chi connectivity index (χ3n) is 1.78. The highest BCUT2D eigenvalue weighted by Gasteiger charge is 1.92. The minimum atomic E-state index is 0. The molecule has 0 fully saturated rings. The van der Waals surface area contributed by atoms with Crippen molar-refractivity contribution in [1.29, 1.82) is 0 Å². The van der Waals surface area contributed by atoms with Crippen molar-refractivity contribution in [1.82, 2.24) is 0 Å². The molecule has 1 aromatic carbocycles. The fourth-order valence-electron chi connectivity index (χ4n) is 1.20. The lowest BCUT2D eigenvalue weighted by Gasteiger charge is -2.00. The highest BCUT2D eigenvalue weighted by Crippen LogP contribution is 2.10. The Balaban J connectivity index is -0.000000305. The minimum Gasteiger partial charge on any atom is -0.0871 e. The Morgan fingerprint density at radius 3 is 1.94 bits per heavy atom. The zero-order valence-corrected chi connectivity index (χ0v) is 11.2. The molecule has 94 valence electrons. The molecule has 0 atom stereocenters. The molecule has 1 rings (SSSR count). The van der Waals surface area contributed by atoms with Crippen LogP contribution in [0.1, 0.15) is 60.1 Å². The summed E-state index contributed by atoms with van der Waals surface area (Å²) in [6.45, 7) is 12.2. The van der Waals surface area contributed by atoms with Crippen LogP contribution < -0.4 is 0 Å². The van der Waals surface area contributed by atoms with Gasteiger partial charge in [0.15, 0.2) is 0 Å². The predicted molar refractivity (Wildman–Crippen MR) is 80.0 cm³/mol. The molecule has 0 radical (unpaired) electrons. The molecule has 0 amide bonds. The Labute approximate surface area is 103 Å². The lowest BCUT2D eigenvalue weighted by Crippen LogP contribution is -1.83. The Morgan fingerprint density at radius 2 is 1.50 bits per heavy atom. The smallest absolute Gasteiger partial charge is 0.0228 e. The molecule has 0 spiro atoms.